The quantitative estimate of drug-likeness (QED) is 0.483. The van der Waals surface area contributed by atoms with E-state index in [0.29, 0.717) is 5.41 Å². The van der Waals surface area contributed by atoms with Crippen molar-refractivity contribution in [3.8, 4) is 0 Å². The Morgan fingerprint density at radius 1 is 1.56 bits per heavy atom. The minimum absolute atomic E-state index is 0.371. The van der Waals surface area contributed by atoms with Gasteiger partial charge in [-0.2, -0.15) is 0 Å². The second-order valence-corrected chi connectivity index (χ2v) is 4.02. The van der Waals surface area contributed by atoms with Crippen LogP contribution in [-0.4, -0.2) is 6.54 Å². The van der Waals surface area contributed by atoms with Gasteiger partial charge in [0.2, 0.25) is 0 Å². The Morgan fingerprint density at radius 2 is 2.11 bits per heavy atom. The van der Waals surface area contributed by atoms with Gasteiger partial charge in [-0.3, -0.25) is 4.72 Å². The summed E-state index contributed by atoms with van der Waals surface area (Å²) in [5, 5.41) is 1.80. The fourth-order valence-electron chi connectivity index (χ4n) is 0.317. The molecule has 0 atom stereocenters. The van der Waals surface area contributed by atoms with Crippen LogP contribution in [0, 0.1) is 5.41 Å². The van der Waals surface area contributed by atoms with Crippen molar-refractivity contribution in [3.05, 3.63) is 12.0 Å². The van der Waals surface area contributed by atoms with Crippen LogP contribution in [0.5, 0.6) is 0 Å². The van der Waals surface area contributed by atoms with Crippen molar-refractivity contribution in [2.45, 2.75) is 20.8 Å². The van der Waals surface area contributed by atoms with Crippen LogP contribution in [0.25, 0.3) is 0 Å². The largest absolute Gasteiger partial charge is 0.260 e. The molecule has 0 spiro atoms. The fourth-order valence-corrected chi connectivity index (χ4v) is 0.951. The van der Waals surface area contributed by atoms with E-state index in [4.69, 9.17) is 0 Å². The van der Waals surface area contributed by atoms with Crippen LogP contribution in [0.4, 0.5) is 0 Å². The lowest BCUT2D eigenvalue weighted by molar-refractivity contribution is 0.416. The first-order valence-electron chi connectivity index (χ1n) is 3.06. The maximum atomic E-state index is 3.58. The first kappa shape index (κ1) is 9.05. The molecule has 1 nitrogen and oxygen atoms in total. The molecule has 0 aromatic rings. The molecule has 0 fully saturated rings. The van der Waals surface area contributed by atoms with Crippen LogP contribution in [0.3, 0.4) is 0 Å². The van der Waals surface area contributed by atoms with Gasteiger partial charge >= 0.3 is 0 Å². The van der Waals surface area contributed by atoms with E-state index in [1.165, 1.54) is 0 Å². The highest BCUT2D eigenvalue weighted by Crippen LogP contribution is 2.11. The minimum Gasteiger partial charge on any atom is -0.260 e. The molecular formula is C7H15NS. The second-order valence-electron chi connectivity index (χ2n) is 3.17. The molecule has 0 radical (unpaired) electrons. The molecule has 0 aromatic carbocycles. The predicted molar refractivity (Wildman–Crippen MR) is 45.2 cm³/mol. The van der Waals surface area contributed by atoms with Crippen LogP contribution in [0.1, 0.15) is 20.8 Å². The van der Waals surface area contributed by atoms with E-state index in [1.807, 2.05) is 0 Å². The number of hydrogen-bond donors (Lipinski definition) is 1. The zero-order valence-corrected chi connectivity index (χ0v) is 7.22. The standard InChI is InChI=1S/C7H15NS/c1-5-9-8-6-7(2,3)4/h5,8H,1,6H2,2-4H3. The normalized spacial score (nSPS) is 11.4. The Kier molecular flexibility index (Phi) is 3.98. The van der Waals surface area contributed by atoms with Gasteiger partial charge in [-0.15, -0.1) is 0 Å². The fraction of sp³-hybridized carbons (Fsp3) is 0.714. The third kappa shape index (κ3) is 8.05. The molecule has 0 aliphatic carbocycles. The molecule has 54 valence electrons. The summed E-state index contributed by atoms with van der Waals surface area (Å²) < 4.78 is 3.17. The molecule has 9 heavy (non-hydrogen) atoms. The summed E-state index contributed by atoms with van der Waals surface area (Å²) in [5.74, 6) is 0. The van der Waals surface area contributed by atoms with Crippen LogP contribution < -0.4 is 4.72 Å². The molecule has 0 aliphatic rings. The van der Waals surface area contributed by atoms with Gasteiger partial charge in [0.05, 0.1) is 0 Å². The smallest absolute Gasteiger partial charge is 0.0110 e. The number of nitrogens with one attached hydrogen (secondary N) is 1. The van der Waals surface area contributed by atoms with E-state index >= 15 is 0 Å². The summed E-state index contributed by atoms with van der Waals surface area (Å²) in [4.78, 5) is 0. The Bertz CT molecular complexity index is 83.4. The van der Waals surface area contributed by atoms with Crippen LogP contribution in [-0.2, 0) is 0 Å². The Labute approximate surface area is 62.0 Å². The van der Waals surface area contributed by atoms with Gasteiger partial charge in [0.15, 0.2) is 0 Å². The van der Waals surface area contributed by atoms with Gasteiger partial charge in [0.1, 0.15) is 0 Å². The lowest BCUT2D eigenvalue weighted by atomic mass is 9.98. The highest BCUT2D eigenvalue weighted by Gasteiger charge is 2.07. The van der Waals surface area contributed by atoms with Gasteiger partial charge in [-0.05, 0) is 10.8 Å². The van der Waals surface area contributed by atoms with Crippen LogP contribution in [0.15, 0.2) is 12.0 Å². The van der Waals surface area contributed by atoms with Gasteiger partial charge in [-0.1, -0.05) is 39.3 Å². The zero-order valence-electron chi connectivity index (χ0n) is 6.40. The van der Waals surface area contributed by atoms with Crippen molar-refractivity contribution in [3.63, 3.8) is 0 Å². The third-order valence-corrected chi connectivity index (χ3v) is 1.25. The predicted octanol–water partition coefficient (Wildman–Crippen LogP) is 2.41. The summed E-state index contributed by atoms with van der Waals surface area (Å²) in [6.07, 6.45) is 0. The summed E-state index contributed by atoms with van der Waals surface area (Å²) in [5.41, 5.74) is 0.371. The van der Waals surface area contributed by atoms with Crippen molar-refractivity contribution in [2.75, 3.05) is 6.54 Å². The highest BCUT2D eigenvalue weighted by molar-refractivity contribution is 8.00. The molecule has 0 heterocycles. The first-order chi connectivity index (χ1) is 4.06. The Morgan fingerprint density at radius 3 is 2.44 bits per heavy atom. The van der Waals surface area contributed by atoms with Crippen molar-refractivity contribution >= 4 is 11.9 Å². The van der Waals surface area contributed by atoms with Crippen molar-refractivity contribution < 1.29 is 0 Å². The van der Waals surface area contributed by atoms with Crippen LogP contribution >= 0.6 is 11.9 Å². The van der Waals surface area contributed by atoms with Gasteiger partial charge in [-0.25, -0.2) is 0 Å². The second kappa shape index (κ2) is 3.96. The summed E-state index contributed by atoms with van der Waals surface area (Å²) >= 11 is 1.55. The van der Waals surface area contributed by atoms with Crippen molar-refractivity contribution in [1.82, 2.24) is 4.72 Å². The van der Waals surface area contributed by atoms with Crippen molar-refractivity contribution in [2.24, 2.45) is 5.41 Å². The molecule has 0 bridgehead atoms. The topological polar surface area (TPSA) is 12.0 Å². The van der Waals surface area contributed by atoms with E-state index < -0.39 is 0 Å². The minimum atomic E-state index is 0.371. The molecule has 0 aliphatic heterocycles. The zero-order chi connectivity index (χ0) is 7.33. The summed E-state index contributed by atoms with van der Waals surface area (Å²) in [6, 6.07) is 0. The first-order valence-corrected chi connectivity index (χ1v) is 3.93. The SMILES string of the molecule is C=CSNCC(C)(C)C. The maximum Gasteiger partial charge on any atom is 0.0110 e. The summed E-state index contributed by atoms with van der Waals surface area (Å²) in [7, 11) is 0. The monoisotopic (exact) mass is 145 g/mol. The lowest BCUT2D eigenvalue weighted by Crippen LogP contribution is -2.21. The number of rotatable bonds is 3. The lowest BCUT2D eigenvalue weighted by Gasteiger charge is -2.16. The highest BCUT2D eigenvalue weighted by atomic mass is 32.2. The molecule has 2 heteroatoms. The molecule has 0 unspecified atom stereocenters. The maximum absolute atomic E-state index is 3.58. The molecule has 1 N–H and O–H groups in total. The molecule has 0 rings (SSSR count). The number of hydrogen-bond acceptors (Lipinski definition) is 2. The van der Waals surface area contributed by atoms with Crippen LogP contribution in [0.2, 0.25) is 0 Å². The van der Waals surface area contributed by atoms with E-state index in [0.717, 1.165) is 6.54 Å². The third-order valence-electron chi connectivity index (χ3n) is 0.769. The molecular weight excluding hydrogens is 130 g/mol. The van der Waals surface area contributed by atoms with E-state index in [1.54, 1.807) is 17.4 Å². The van der Waals surface area contributed by atoms with E-state index in [9.17, 15) is 0 Å². The average Bonchev–Trinajstić information content (AvgIpc) is 1.63. The molecule has 0 saturated carbocycles. The molecule has 0 aromatic heterocycles. The van der Waals surface area contributed by atoms with E-state index in [2.05, 4.69) is 32.1 Å². The van der Waals surface area contributed by atoms with Gasteiger partial charge in [0, 0.05) is 6.54 Å². The van der Waals surface area contributed by atoms with Crippen molar-refractivity contribution in [1.29, 1.82) is 0 Å². The molecule has 0 saturated heterocycles. The van der Waals surface area contributed by atoms with Gasteiger partial charge < -0.3 is 0 Å². The molecule has 0 amide bonds. The summed E-state index contributed by atoms with van der Waals surface area (Å²) in [6.45, 7) is 11.2. The Hall–Kier alpha value is 0.0500. The van der Waals surface area contributed by atoms with E-state index in [-0.39, 0.29) is 0 Å². The average molecular weight is 145 g/mol. The van der Waals surface area contributed by atoms with Gasteiger partial charge in [0.25, 0.3) is 0 Å². The Balaban J connectivity index is 3.17.